The van der Waals surface area contributed by atoms with Gasteiger partial charge in [0.1, 0.15) is 17.5 Å². The quantitative estimate of drug-likeness (QED) is 0.894. The molecule has 2 N–H and O–H groups in total. The van der Waals surface area contributed by atoms with E-state index in [9.17, 15) is 13.2 Å². The molecule has 112 valence electrons. The molecular weight excluding hydrogens is 275 g/mol. The van der Waals surface area contributed by atoms with E-state index in [2.05, 4.69) is 0 Å². The lowest BCUT2D eigenvalue weighted by atomic mass is 9.93. The average Bonchev–Trinajstić information content (AvgIpc) is 2.45. The summed E-state index contributed by atoms with van der Waals surface area (Å²) in [7, 11) is 0. The zero-order chi connectivity index (χ0) is 15.6. The number of rotatable bonds is 4. The Morgan fingerprint density at radius 1 is 0.905 bits per heavy atom. The minimum absolute atomic E-state index is 0.303. The monoisotopic (exact) mass is 293 g/mol. The Morgan fingerprint density at radius 2 is 1.48 bits per heavy atom. The number of hydrogen-bond donors (Lipinski definition) is 1. The third-order valence-electron chi connectivity index (χ3n) is 3.71. The van der Waals surface area contributed by atoms with Gasteiger partial charge >= 0.3 is 0 Å². The van der Waals surface area contributed by atoms with Gasteiger partial charge in [0, 0.05) is 17.7 Å². The van der Waals surface area contributed by atoms with Crippen LogP contribution in [0, 0.1) is 17.5 Å². The van der Waals surface area contributed by atoms with Crippen LogP contribution in [0.1, 0.15) is 42.1 Å². The van der Waals surface area contributed by atoms with E-state index < -0.39 is 23.5 Å². The highest BCUT2D eigenvalue weighted by Gasteiger charge is 2.20. The third-order valence-corrected chi connectivity index (χ3v) is 3.71. The zero-order valence-electron chi connectivity index (χ0n) is 12.1. The van der Waals surface area contributed by atoms with Crippen LogP contribution in [0.25, 0.3) is 0 Å². The molecule has 0 saturated carbocycles. The van der Waals surface area contributed by atoms with Crippen molar-refractivity contribution in [2.75, 3.05) is 0 Å². The molecule has 0 radical (unpaired) electrons. The summed E-state index contributed by atoms with van der Waals surface area (Å²) < 4.78 is 40.6. The van der Waals surface area contributed by atoms with Crippen molar-refractivity contribution in [3.63, 3.8) is 0 Å². The summed E-state index contributed by atoms with van der Waals surface area (Å²) >= 11 is 0. The molecule has 1 unspecified atom stereocenters. The molecule has 0 aliphatic carbocycles. The molecule has 2 aromatic rings. The van der Waals surface area contributed by atoms with E-state index >= 15 is 0 Å². The normalized spacial score (nSPS) is 12.5. The predicted octanol–water partition coefficient (Wildman–Crippen LogP) is 4.28. The van der Waals surface area contributed by atoms with Crippen LogP contribution in [0.4, 0.5) is 13.2 Å². The third kappa shape index (κ3) is 3.10. The van der Waals surface area contributed by atoms with Gasteiger partial charge in [0.05, 0.1) is 6.04 Å². The Hall–Kier alpha value is -1.81. The summed E-state index contributed by atoms with van der Waals surface area (Å²) in [5, 5.41) is 0. The molecule has 2 rings (SSSR count). The number of benzene rings is 2. The molecule has 4 heteroatoms. The minimum Gasteiger partial charge on any atom is -0.320 e. The molecule has 1 atom stereocenters. The highest BCUT2D eigenvalue weighted by Crippen LogP contribution is 2.27. The first-order valence-corrected chi connectivity index (χ1v) is 6.99. The molecule has 0 aliphatic rings. The first-order chi connectivity index (χ1) is 9.97. The summed E-state index contributed by atoms with van der Waals surface area (Å²) in [6.07, 6.45) is 1.70. The van der Waals surface area contributed by atoms with Crippen LogP contribution in [0.2, 0.25) is 0 Å². The van der Waals surface area contributed by atoms with Crippen LogP contribution in [0.3, 0.4) is 0 Å². The molecule has 0 aliphatic heterocycles. The van der Waals surface area contributed by atoms with Crippen molar-refractivity contribution in [2.45, 2.75) is 32.7 Å². The van der Waals surface area contributed by atoms with Gasteiger partial charge in [-0.2, -0.15) is 0 Å². The van der Waals surface area contributed by atoms with Crippen LogP contribution in [-0.4, -0.2) is 0 Å². The van der Waals surface area contributed by atoms with Crippen molar-refractivity contribution in [1.82, 2.24) is 0 Å². The molecule has 0 fully saturated rings. The van der Waals surface area contributed by atoms with Gasteiger partial charge in [0.25, 0.3) is 0 Å². The molecule has 0 heterocycles. The van der Waals surface area contributed by atoms with Crippen molar-refractivity contribution < 1.29 is 13.2 Å². The molecule has 0 aromatic heterocycles. The fraction of sp³-hybridized carbons (Fsp3) is 0.294. The van der Waals surface area contributed by atoms with Gasteiger partial charge in [-0.05, 0) is 29.5 Å². The second kappa shape index (κ2) is 6.31. The SMILES string of the molecule is CCc1ccc(C(N)c2c(F)cc(F)cc2F)cc1CC. The molecule has 21 heavy (non-hydrogen) atoms. The smallest absolute Gasteiger partial charge is 0.134 e. The lowest BCUT2D eigenvalue weighted by molar-refractivity contribution is 0.515. The Balaban J connectivity index is 2.47. The topological polar surface area (TPSA) is 26.0 Å². The Kier molecular flexibility index (Phi) is 4.68. The number of aryl methyl sites for hydroxylation is 2. The summed E-state index contributed by atoms with van der Waals surface area (Å²) in [6.45, 7) is 4.07. The van der Waals surface area contributed by atoms with Crippen LogP contribution in [-0.2, 0) is 12.8 Å². The van der Waals surface area contributed by atoms with Crippen LogP contribution in [0.15, 0.2) is 30.3 Å². The average molecular weight is 293 g/mol. The van der Waals surface area contributed by atoms with Crippen LogP contribution >= 0.6 is 0 Å². The van der Waals surface area contributed by atoms with Crippen molar-refractivity contribution in [1.29, 1.82) is 0 Å². The molecule has 0 saturated heterocycles. The molecule has 1 nitrogen and oxygen atoms in total. The largest absolute Gasteiger partial charge is 0.320 e. The number of nitrogens with two attached hydrogens (primary N) is 1. The minimum atomic E-state index is -0.961. The van der Waals surface area contributed by atoms with Gasteiger partial charge in [-0.15, -0.1) is 0 Å². The van der Waals surface area contributed by atoms with E-state index in [-0.39, 0.29) is 5.56 Å². The first-order valence-electron chi connectivity index (χ1n) is 6.99. The predicted molar refractivity (Wildman–Crippen MR) is 77.5 cm³/mol. The second-order valence-electron chi connectivity index (χ2n) is 5.00. The Morgan fingerprint density at radius 3 is 2.00 bits per heavy atom. The van der Waals surface area contributed by atoms with Crippen LogP contribution < -0.4 is 5.73 Å². The lowest BCUT2D eigenvalue weighted by Crippen LogP contribution is -2.16. The fourth-order valence-corrected chi connectivity index (χ4v) is 2.53. The lowest BCUT2D eigenvalue weighted by Gasteiger charge is -2.17. The zero-order valence-corrected chi connectivity index (χ0v) is 12.1. The van der Waals surface area contributed by atoms with Crippen molar-refractivity contribution in [2.24, 2.45) is 5.73 Å². The maximum Gasteiger partial charge on any atom is 0.134 e. The van der Waals surface area contributed by atoms with E-state index in [4.69, 9.17) is 5.73 Å². The van der Waals surface area contributed by atoms with Crippen molar-refractivity contribution >= 4 is 0 Å². The molecule has 0 amide bonds. The second-order valence-corrected chi connectivity index (χ2v) is 5.00. The maximum absolute atomic E-state index is 13.8. The van der Waals surface area contributed by atoms with Gasteiger partial charge in [-0.25, -0.2) is 13.2 Å². The molecular formula is C17H18F3N. The van der Waals surface area contributed by atoms with Gasteiger partial charge in [-0.1, -0.05) is 32.0 Å². The van der Waals surface area contributed by atoms with E-state index in [1.54, 1.807) is 6.07 Å². The van der Waals surface area contributed by atoms with E-state index in [0.717, 1.165) is 18.4 Å². The van der Waals surface area contributed by atoms with Gasteiger partial charge in [0.2, 0.25) is 0 Å². The highest BCUT2D eigenvalue weighted by molar-refractivity contribution is 5.39. The van der Waals surface area contributed by atoms with Gasteiger partial charge < -0.3 is 5.73 Å². The number of hydrogen-bond acceptors (Lipinski definition) is 1. The van der Waals surface area contributed by atoms with Crippen molar-refractivity contribution in [3.8, 4) is 0 Å². The highest BCUT2D eigenvalue weighted by atomic mass is 19.1. The van der Waals surface area contributed by atoms with Crippen molar-refractivity contribution in [3.05, 3.63) is 70.0 Å². The standard InChI is InChI=1S/C17H18F3N/c1-3-10-5-6-12(7-11(10)4-2)17(21)16-14(19)8-13(18)9-15(16)20/h5-9,17H,3-4,21H2,1-2H3. The Labute approximate surface area is 122 Å². The van der Waals surface area contributed by atoms with E-state index in [1.165, 1.54) is 5.56 Å². The number of halogens is 3. The Bertz CT molecular complexity index is 629. The fourth-order valence-electron chi connectivity index (χ4n) is 2.53. The van der Waals surface area contributed by atoms with E-state index in [0.29, 0.717) is 17.7 Å². The molecule has 0 spiro atoms. The molecule has 0 bridgehead atoms. The van der Waals surface area contributed by atoms with Crippen LogP contribution in [0.5, 0.6) is 0 Å². The first kappa shape index (κ1) is 15.6. The summed E-state index contributed by atoms with van der Waals surface area (Å²) in [5.74, 6) is -2.87. The summed E-state index contributed by atoms with van der Waals surface area (Å²) in [5.41, 5.74) is 8.59. The summed E-state index contributed by atoms with van der Waals surface area (Å²) in [4.78, 5) is 0. The van der Waals surface area contributed by atoms with Gasteiger partial charge in [-0.3, -0.25) is 0 Å². The summed E-state index contributed by atoms with van der Waals surface area (Å²) in [6, 6.07) is 5.91. The maximum atomic E-state index is 13.8. The van der Waals surface area contributed by atoms with E-state index in [1.807, 2.05) is 26.0 Å². The van der Waals surface area contributed by atoms with Gasteiger partial charge in [0.15, 0.2) is 0 Å². The molecule has 2 aromatic carbocycles.